The first-order chi connectivity index (χ1) is 6.83. The molecule has 14 heavy (non-hydrogen) atoms. The SMILES string of the molecule is CCNC(c1ccco1)C(CC)CC. The van der Waals surface area contributed by atoms with E-state index in [0.29, 0.717) is 12.0 Å². The Morgan fingerprint density at radius 2 is 2.00 bits per heavy atom. The summed E-state index contributed by atoms with van der Waals surface area (Å²) in [6, 6.07) is 4.40. The first-order valence-corrected chi connectivity index (χ1v) is 5.60. The molecule has 1 unspecified atom stereocenters. The van der Waals surface area contributed by atoms with Gasteiger partial charge in [0.05, 0.1) is 12.3 Å². The van der Waals surface area contributed by atoms with Gasteiger partial charge in [-0.1, -0.05) is 33.6 Å². The maximum Gasteiger partial charge on any atom is 0.120 e. The van der Waals surface area contributed by atoms with Crippen LogP contribution in [0.4, 0.5) is 0 Å². The lowest BCUT2D eigenvalue weighted by Gasteiger charge is -2.24. The molecule has 1 aromatic rings. The Morgan fingerprint density at radius 3 is 2.43 bits per heavy atom. The van der Waals surface area contributed by atoms with E-state index in [1.807, 2.05) is 6.07 Å². The van der Waals surface area contributed by atoms with Crippen molar-refractivity contribution in [2.45, 2.75) is 39.7 Å². The fraction of sp³-hybridized carbons (Fsp3) is 0.667. The third-order valence-electron chi connectivity index (χ3n) is 2.79. The van der Waals surface area contributed by atoms with Gasteiger partial charge in [0.25, 0.3) is 0 Å². The zero-order valence-electron chi connectivity index (χ0n) is 9.42. The Hall–Kier alpha value is -0.760. The minimum Gasteiger partial charge on any atom is -0.468 e. The van der Waals surface area contributed by atoms with Gasteiger partial charge >= 0.3 is 0 Å². The molecular weight excluding hydrogens is 174 g/mol. The molecule has 0 bridgehead atoms. The number of furan rings is 1. The first kappa shape index (κ1) is 11.3. The molecule has 0 aliphatic rings. The van der Waals surface area contributed by atoms with Crippen LogP contribution in [0, 0.1) is 5.92 Å². The van der Waals surface area contributed by atoms with Crippen LogP contribution in [-0.4, -0.2) is 6.54 Å². The maximum atomic E-state index is 5.47. The minimum atomic E-state index is 0.380. The average molecular weight is 195 g/mol. The average Bonchev–Trinajstić information content (AvgIpc) is 2.71. The highest BCUT2D eigenvalue weighted by Gasteiger charge is 2.21. The van der Waals surface area contributed by atoms with Crippen molar-refractivity contribution in [2.24, 2.45) is 5.92 Å². The van der Waals surface area contributed by atoms with Crippen molar-refractivity contribution >= 4 is 0 Å². The van der Waals surface area contributed by atoms with E-state index in [2.05, 4.69) is 32.2 Å². The summed E-state index contributed by atoms with van der Waals surface area (Å²) in [5, 5.41) is 3.49. The van der Waals surface area contributed by atoms with Crippen LogP contribution < -0.4 is 5.32 Å². The third kappa shape index (κ3) is 2.61. The standard InChI is InChI=1S/C12H21NO/c1-4-10(5-2)12(13-6-3)11-8-7-9-14-11/h7-10,12-13H,4-6H2,1-3H3. The van der Waals surface area contributed by atoms with Crippen LogP contribution in [0.5, 0.6) is 0 Å². The van der Waals surface area contributed by atoms with Crippen molar-refractivity contribution in [3.05, 3.63) is 24.2 Å². The van der Waals surface area contributed by atoms with E-state index in [4.69, 9.17) is 4.42 Å². The van der Waals surface area contributed by atoms with E-state index in [9.17, 15) is 0 Å². The number of nitrogens with one attached hydrogen (secondary N) is 1. The van der Waals surface area contributed by atoms with Crippen molar-refractivity contribution in [1.82, 2.24) is 5.32 Å². The summed E-state index contributed by atoms with van der Waals surface area (Å²) in [5.41, 5.74) is 0. The Labute approximate surface area is 86.7 Å². The van der Waals surface area contributed by atoms with Gasteiger partial charge in [0.15, 0.2) is 0 Å². The lowest BCUT2D eigenvalue weighted by atomic mass is 9.92. The molecule has 1 atom stereocenters. The number of hydrogen-bond acceptors (Lipinski definition) is 2. The van der Waals surface area contributed by atoms with Gasteiger partial charge in [0.1, 0.15) is 5.76 Å². The molecule has 1 aromatic heterocycles. The summed E-state index contributed by atoms with van der Waals surface area (Å²) in [6.45, 7) is 7.60. The van der Waals surface area contributed by atoms with Gasteiger partial charge in [0, 0.05) is 0 Å². The smallest absolute Gasteiger partial charge is 0.120 e. The zero-order chi connectivity index (χ0) is 10.4. The van der Waals surface area contributed by atoms with E-state index in [1.54, 1.807) is 6.26 Å². The molecule has 80 valence electrons. The zero-order valence-corrected chi connectivity index (χ0v) is 9.42. The molecule has 2 nitrogen and oxygen atoms in total. The predicted octanol–water partition coefficient (Wildman–Crippen LogP) is 3.37. The molecule has 1 heterocycles. The minimum absolute atomic E-state index is 0.380. The Balaban J connectivity index is 2.72. The van der Waals surface area contributed by atoms with Crippen LogP contribution in [0.3, 0.4) is 0 Å². The van der Waals surface area contributed by atoms with E-state index in [1.165, 1.54) is 12.8 Å². The second-order valence-electron chi connectivity index (χ2n) is 3.63. The van der Waals surface area contributed by atoms with Crippen molar-refractivity contribution in [1.29, 1.82) is 0 Å². The van der Waals surface area contributed by atoms with Crippen LogP contribution in [0.25, 0.3) is 0 Å². The second-order valence-corrected chi connectivity index (χ2v) is 3.63. The highest BCUT2D eigenvalue weighted by atomic mass is 16.3. The van der Waals surface area contributed by atoms with Crippen molar-refractivity contribution in [3.63, 3.8) is 0 Å². The normalized spacial score (nSPS) is 13.4. The largest absolute Gasteiger partial charge is 0.468 e. The molecule has 0 saturated heterocycles. The van der Waals surface area contributed by atoms with Crippen molar-refractivity contribution in [3.8, 4) is 0 Å². The summed E-state index contributed by atoms with van der Waals surface area (Å²) in [7, 11) is 0. The summed E-state index contributed by atoms with van der Waals surface area (Å²) >= 11 is 0. The monoisotopic (exact) mass is 195 g/mol. The topological polar surface area (TPSA) is 25.2 Å². The Bertz CT molecular complexity index is 226. The van der Waals surface area contributed by atoms with Gasteiger partial charge in [-0.15, -0.1) is 0 Å². The lowest BCUT2D eigenvalue weighted by molar-refractivity contribution is 0.298. The van der Waals surface area contributed by atoms with Gasteiger partial charge in [-0.3, -0.25) is 0 Å². The van der Waals surface area contributed by atoms with Gasteiger partial charge in [0.2, 0.25) is 0 Å². The number of rotatable bonds is 6. The molecule has 1 rings (SSSR count). The molecule has 0 fully saturated rings. The number of hydrogen-bond donors (Lipinski definition) is 1. The van der Waals surface area contributed by atoms with Gasteiger partial charge in [-0.05, 0) is 24.6 Å². The molecule has 0 aromatic carbocycles. The van der Waals surface area contributed by atoms with Crippen molar-refractivity contribution < 1.29 is 4.42 Å². The highest BCUT2D eigenvalue weighted by molar-refractivity contribution is 5.05. The molecule has 0 aliphatic carbocycles. The summed E-state index contributed by atoms with van der Waals surface area (Å²) in [4.78, 5) is 0. The van der Waals surface area contributed by atoms with Crippen LogP contribution in [0.15, 0.2) is 22.8 Å². The summed E-state index contributed by atoms with van der Waals surface area (Å²) in [5.74, 6) is 1.74. The van der Waals surface area contributed by atoms with Crippen LogP contribution in [0.2, 0.25) is 0 Å². The lowest BCUT2D eigenvalue weighted by Crippen LogP contribution is -2.27. The van der Waals surface area contributed by atoms with Crippen LogP contribution in [-0.2, 0) is 0 Å². The highest BCUT2D eigenvalue weighted by Crippen LogP contribution is 2.27. The quantitative estimate of drug-likeness (QED) is 0.753. The van der Waals surface area contributed by atoms with Crippen molar-refractivity contribution in [2.75, 3.05) is 6.54 Å². The van der Waals surface area contributed by atoms with Crippen LogP contribution in [0.1, 0.15) is 45.4 Å². The van der Waals surface area contributed by atoms with E-state index in [0.717, 1.165) is 12.3 Å². The second kappa shape index (κ2) is 5.86. The molecule has 2 heteroatoms. The van der Waals surface area contributed by atoms with Gasteiger partial charge in [-0.25, -0.2) is 0 Å². The Morgan fingerprint density at radius 1 is 1.29 bits per heavy atom. The predicted molar refractivity (Wildman–Crippen MR) is 59.2 cm³/mol. The summed E-state index contributed by atoms with van der Waals surface area (Å²) in [6.07, 6.45) is 4.13. The molecule has 0 amide bonds. The van der Waals surface area contributed by atoms with Gasteiger partial charge < -0.3 is 9.73 Å². The van der Waals surface area contributed by atoms with Gasteiger partial charge in [-0.2, -0.15) is 0 Å². The first-order valence-electron chi connectivity index (χ1n) is 5.60. The molecular formula is C12H21NO. The van der Waals surface area contributed by atoms with Crippen LogP contribution >= 0.6 is 0 Å². The van der Waals surface area contributed by atoms with E-state index >= 15 is 0 Å². The molecule has 0 aliphatic heterocycles. The Kier molecular flexibility index (Phi) is 4.74. The fourth-order valence-electron chi connectivity index (χ4n) is 1.95. The molecule has 1 N–H and O–H groups in total. The third-order valence-corrected chi connectivity index (χ3v) is 2.79. The van der Waals surface area contributed by atoms with E-state index < -0.39 is 0 Å². The fourth-order valence-corrected chi connectivity index (χ4v) is 1.95. The summed E-state index contributed by atoms with van der Waals surface area (Å²) < 4.78 is 5.47. The molecule has 0 radical (unpaired) electrons. The van der Waals surface area contributed by atoms with E-state index in [-0.39, 0.29) is 0 Å². The molecule has 0 spiro atoms. The molecule has 0 saturated carbocycles. The maximum absolute atomic E-state index is 5.47.